The van der Waals surface area contributed by atoms with E-state index in [9.17, 15) is 0 Å². The number of benzene rings is 4. The van der Waals surface area contributed by atoms with Crippen molar-refractivity contribution < 1.29 is 0 Å². The van der Waals surface area contributed by atoms with E-state index >= 15 is 0 Å². The first-order valence-electron chi connectivity index (χ1n) is 9.82. The van der Waals surface area contributed by atoms with Crippen LogP contribution in [0.2, 0.25) is 5.02 Å². The Labute approximate surface area is 178 Å². The molecule has 4 aromatic rings. The average Bonchev–Trinajstić information content (AvgIpc) is 2.78. The number of nitrogens with two attached hydrogens (primary N) is 1. The molecule has 0 aliphatic rings. The van der Waals surface area contributed by atoms with Gasteiger partial charge in [-0.05, 0) is 51.6 Å². The summed E-state index contributed by atoms with van der Waals surface area (Å²) in [4.78, 5) is 0. The fraction of sp³-hybridized carbons (Fsp3) is 0.111. The van der Waals surface area contributed by atoms with Crippen LogP contribution in [0, 0.1) is 0 Å². The van der Waals surface area contributed by atoms with Crippen molar-refractivity contribution in [3.8, 4) is 0 Å². The highest BCUT2D eigenvalue weighted by atomic mass is 35.5. The first-order chi connectivity index (χ1) is 14.2. The summed E-state index contributed by atoms with van der Waals surface area (Å²) < 4.78 is 0. The van der Waals surface area contributed by atoms with Crippen LogP contribution >= 0.6 is 11.6 Å². The van der Waals surface area contributed by atoms with E-state index in [1.807, 2.05) is 48.5 Å². The van der Waals surface area contributed by atoms with E-state index in [2.05, 4.69) is 67.6 Å². The summed E-state index contributed by atoms with van der Waals surface area (Å²) in [6.07, 6.45) is 4.34. The third kappa shape index (κ3) is 6.32. The van der Waals surface area contributed by atoms with Crippen molar-refractivity contribution in [2.45, 2.75) is 19.4 Å². The first-order valence-corrected chi connectivity index (χ1v) is 10.2. The predicted octanol–water partition coefficient (Wildman–Crippen LogP) is 7.46. The Bertz CT molecular complexity index is 1070. The van der Waals surface area contributed by atoms with E-state index in [1.54, 1.807) is 0 Å². The molecule has 2 N–H and O–H groups in total. The summed E-state index contributed by atoms with van der Waals surface area (Å²) in [7, 11) is 0. The standard InChI is InChI=1S/C16H15Cl.C11H11N/c1-13(15-8-5-9-16(17)12-15)10-11-14-6-3-2-4-7-14;12-8-9-5-6-10-3-1-2-4-11(10)7-9/h2-13H,1H3;1-7H,8,12H2/b11-10+;. The molecule has 0 amide bonds. The zero-order valence-corrected chi connectivity index (χ0v) is 17.4. The molecule has 0 aromatic heterocycles. The molecule has 0 bridgehead atoms. The first kappa shape index (κ1) is 20.9. The number of hydrogen-bond donors (Lipinski definition) is 1. The van der Waals surface area contributed by atoms with Crippen LogP contribution in [-0.4, -0.2) is 0 Å². The van der Waals surface area contributed by atoms with Gasteiger partial charge >= 0.3 is 0 Å². The second kappa shape index (κ2) is 10.6. The average molecular weight is 400 g/mol. The highest BCUT2D eigenvalue weighted by Crippen LogP contribution is 2.21. The molecule has 0 radical (unpaired) electrons. The molecule has 2 heteroatoms. The molecule has 0 saturated carbocycles. The Morgan fingerprint density at radius 1 is 0.793 bits per heavy atom. The van der Waals surface area contributed by atoms with Gasteiger partial charge in [0.15, 0.2) is 0 Å². The minimum atomic E-state index is 0.369. The number of hydrogen-bond acceptors (Lipinski definition) is 1. The van der Waals surface area contributed by atoms with Crippen molar-refractivity contribution in [1.82, 2.24) is 0 Å². The molecule has 0 aliphatic heterocycles. The van der Waals surface area contributed by atoms with Crippen LogP contribution in [0.3, 0.4) is 0 Å². The molecular weight excluding hydrogens is 374 g/mol. The zero-order valence-electron chi connectivity index (χ0n) is 16.6. The second-order valence-corrected chi connectivity index (χ2v) is 7.44. The van der Waals surface area contributed by atoms with Crippen LogP contribution in [-0.2, 0) is 6.54 Å². The zero-order chi connectivity index (χ0) is 20.5. The largest absolute Gasteiger partial charge is 0.326 e. The van der Waals surface area contributed by atoms with E-state index in [1.165, 1.54) is 27.5 Å². The topological polar surface area (TPSA) is 26.0 Å². The van der Waals surface area contributed by atoms with Crippen LogP contribution in [0.1, 0.15) is 29.5 Å². The minimum Gasteiger partial charge on any atom is -0.326 e. The van der Waals surface area contributed by atoms with Gasteiger partial charge in [0.1, 0.15) is 0 Å². The van der Waals surface area contributed by atoms with Gasteiger partial charge in [0.05, 0.1) is 0 Å². The van der Waals surface area contributed by atoms with Gasteiger partial charge in [-0.25, -0.2) is 0 Å². The van der Waals surface area contributed by atoms with Crippen molar-refractivity contribution >= 4 is 28.4 Å². The maximum Gasteiger partial charge on any atom is 0.0408 e. The van der Waals surface area contributed by atoms with Gasteiger partial charge in [-0.3, -0.25) is 0 Å². The fourth-order valence-corrected chi connectivity index (χ4v) is 3.29. The third-order valence-electron chi connectivity index (χ3n) is 4.80. The van der Waals surface area contributed by atoms with Gasteiger partial charge in [0.25, 0.3) is 0 Å². The molecule has 29 heavy (non-hydrogen) atoms. The van der Waals surface area contributed by atoms with Gasteiger partial charge in [0, 0.05) is 11.6 Å². The summed E-state index contributed by atoms with van der Waals surface area (Å²) in [6, 6.07) is 32.9. The Kier molecular flexibility index (Phi) is 7.63. The number of halogens is 1. The van der Waals surface area contributed by atoms with Crippen molar-refractivity contribution in [2.75, 3.05) is 0 Å². The fourth-order valence-electron chi connectivity index (χ4n) is 3.09. The lowest BCUT2D eigenvalue weighted by molar-refractivity contribution is 0.973. The van der Waals surface area contributed by atoms with Crippen LogP contribution in [0.25, 0.3) is 16.8 Å². The van der Waals surface area contributed by atoms with Crippen molar-refractivity contribution in [3.63, 3.8) is 0 Å². The van der Waals surface area contributed by atoms with Gasteiger partial charge in [-0.2, -0.15) is 0 Å². The molecule has 146 valence electrons. The Morgan fingerprint density at radius 3 is 2.24 bits per heavy atom. The van der Waals surface area contributed by atoms with Crippen LogP contribution < -0.4 is 5.73 Å². The highest BCUT2D eigenvalue weighted by Gasteiger charge is 2.01. The van der Waals surface area contributed by atoms with Crippen molar-refractivity contribution in [3.05, 3.63) is 125 Å². The van der Waals surface area contributed by atoms with E-state index in [-0.39, 0.29) is 0 Å². The van der Waals surface area contributed by atoms with E-state index < -0.39 is 0 Å². The van der Waals surface area contributed by atoms with E-state index in [0.717, 1.165) is 5.02 Å². The second-order valence-electron chi connectivity index (χ2n) is 7.00. The van der Waals surface area contributed by atoms with E-state index in [0.29, 0.717) is 12.5 Å². The van der Waals surface area contributed by atoms with Crippen molar-refractivity contribution in [2.24, 2.45) is 5.73 Å². The lowest BCUT2D eigenvalue weighted by Gasteiger charge is -2.06. The minimum absolute atomic E-state index is 0.369. The maximum absolute atomic E-state index is 5.98. The quantitative estimate of drug-likeness (QED) is 0.378. The summed E-state index contributed by atoms with van der Waals surface area (Å²) in [6.45, 7) is 2.79. The molecule has 1 nitrogen and oxygen atoms in total. The molecule has 4 aromatic carbocycles. The maximum atomic E-state index is 5.98. The summed E-state index contributed by atoms with van der Waals surface area (Å²) in [5.41, 5.74) is 9.19. The van der Waals surface area contributed by atoms with E-state index in [4.69, 9.17) is 17.3 Å². The molecule has 0 fully saturated rings. The lowest BCUT2D eigenvalue weighted by Crippen LogP contribution is -1.95. The van der Waals surface area contributed by atoms with Gasteiger partial charge in [0.2, 0.25) is 0 Å². The number of allylic oxidation sites excluding steroid dienone is 1. The van der Waals surface area contributed by atoms with Crippen LogP contribution in [0.4, 0.5) is 0 Å². The molecule has 0 spiro atoms. The highest BCUT2D eigenvalue weighted by molar-refractivity contribution is 6.30. The van der Waals surface area contributed by atoms with Gasteiger partial charge in [-0.1, -0.05) is 110 Å². The lowest BCUT2D eigenvalue weighted by atomic mass is 10.00. The molecule has 0 heterocycles. The number of rotatable bonds is 4. The predicted molar refractivity (Wildman–Crippen MR) is 127 cm³/mol. The molecule has 0 aliphatic carbocycles. The van der Waals surface area contributed by atoms with Gasteiger partial charge < -0.3 is 5.73 Å². The molecular formula is C27H26ClN. The monoisotopic (exact) mass is 399 g/mol. The molecule has 0 saturated heterocycles. The molecule has 1 atom stereocenters. The number of fused-ring (bicyclic) bond motifs is 1. The Morgan fingerprint density at radius 2 is 1.52 bits per heavy atom. The molecule has 4 rings (SSSR count). The van der Waals surface area contributed by atoms with Gasteiger partial charge in [-0.15, -0.1) is 0 Å². The summed E-state index contributed by atoms with van der Waals surface area (Å²) >= 11 is 5.98. The Balaban J connectivity index is 0.000000176. The third-order valence-corrected chi connectivity index (χ3v) is 5.04. The van der Waals surface area contributed by atoms with Crippen molar-refractivity contribution in [1.29, 1.82) is 0 Å². The summed E-state index contributed by atoms with van der Waals surface area (Å²) in [5.74, 6) is 0.369. The van der Waals surface area contributed by atoms with Crippen LogP contribution in [0.5, 0.6) is 0 Å². The normalized spacial score (nSPS) is 11.8. The Hall–Kier alpha value is -2.87. The SMILES string of the molecule is CC(/C=C/c1ccccc1)c1cccc(Cl)c1.NCc1ccc2ccccc2c1. The van der Waals surface area contributed by atoms with Crippen LogP contribution in [0.15, 0.2) is 103 Å². The smallest absolute Gasteiger partial charge is 0.0408 e. The summed E-state index contributed by atoms with van der Waals surface area (Å²) in [5, 5.41) is 3.33. The molecule has 1 unspecified atom stereocenters.